The lowest BCUT2D eigenvalue weighted by Gasteiger charge is -2.44. The standard InChI is InChI=1S/C17H22N2/c1-2-8-15-13(6-1)12-16(18-15)14-7-5-11-19-10-4-3-9-17(14)19/h1-2,6,8,14,17H,3-5,7,9-12H2. The van der Waals surface area contributed by atoms with Crippen LogP contribution in [-0.4, -0.2) is 29.7 Å². The lowest BCUT2D eigenvalue weighted by Crippen LogP contribution is -2.50. The number of rotatable bonds is 1. The van der Waals surface area contributed by atoms with Gasteiger partial charge in [0.15, 0.2) is 0 Å². The summed E-state index contributed by atoms with van der Waals surface area (Å²) in [6.45, 7) is 2.64. The van der Waals surface area contributed by atoms with Gasteiger partial charge in [-0.05, 0) is 50.4 Å². The highest BCUT2D eigenvalue weighted by Gasteiger charge is 2.36. The first-order chi connectivity index (χ1) is 9.42. The topological polar surface area (TPSA) is 15.6 Å². The Morgan fingerprint density at radius 3 is 2.84 bits per heavy atom. The molecule has 4 rings (SSSR count). The minimum Gasteiger partial charge on any atom is -0.300 e. The fraction of sp³-hybridized carbons (Fsp3) is 0.588. The normalized spacial score (nSPS) is 30.6. The molecule has 2 atom stereocenters. The Hall–Kier alpha value is -1.15. The predicted molar refractivity (Wildman–Crippen MR) is 79.2 cm³/mol. The average molecular weight is 254 g/mol. The minimum absolute atomic E-state index is 0.724. The molecule has 19 heavy (non-hydrogen) atoms. The van der Waals surface area contributed by atoms with Crippen LogP contribution in [0.25, 0.3) is 0 Å². The van der Waals surface area contributed by atoms with Crippen LogP contribution >= 0.6 is 0 Å². The first-order valence-corrected chi connectivity index (χ1v) is 7.81. The van der Waals surface area contributed by atoms with Crippen LogP contribution in [0, 0.1) is 5.92 Å². The van der Waals surface area contributed by atoms with Crippen LogP contribution in [0.3, 0.4) is 0 Å². The Balaban J connectivity index is 1.59. The molecule has 0 saturated carbocycles. The van der Waals surface area contributed by atoms with Crippen molar-refractivity contribution in [2.75, 3.05) is 13.1 Å². The van der Waals surface area contributed by atoms with E-state index in [1.54, 1.807) is 0 Å². The van der Waals surface area contributed by atoms with E-state index in [2.05, 4.69) is 29.2 Å². The molecule has 0 aromatic heterocycles. The Morgan fingerprint density at radius 1 is 1.00 bits per heavy atom. The van der Waals surface area contributed by atoms with Crippen LogP contribution in [0.2, 0.25) is 0 Å². The van der Waals surface area contributed by atoms with Gasteiger partial charge < -0.3 is 0 Å². The van der Waals surface area contributed by atoms with Gasteiger partial charge in [-0.1, -0.05) is 24.6 Å². The first-order valence-electron chi connectivity index (χ1n) is 7.81. The summed E-state index contributed by atoms with van der Waals surface area (Å²) in [7, 11) is 0. The third-order valence-corrected chi connectivity index (χ3v) is 5.14. The van der Waals surface area contributed by atoms with Crippen molar-refractivity contribution < 1.29 is 0 Å². The second-order valence-corrected chi connectivity index (χ2v) is 6.26. The van der Waals surface area contributed by atoms with Crippen molar-refractivity contribution in [2.24, 2.45) is 10.9 Å². The molecule has 0 radical (unpaired) electrons. The van der Waals surface area contributed by atoms with Crippen molar-refractivity contribution in [1.29, 1.82) is 0 Å². The molecule has 3 aliphatic rings. The van der Waals surface area contributed by atoms with Crippen molar-refractivity contribution in [1.82, 2.24) is 4.90 Å². The van der Waals surface area contributed by atoms with E-state index in [4.69, 9.17) is 4.99 Å². The quantitative estimate of drug-likeness (QED) is 0.748. The van der Waals surface area contributed by atoms with E-state index in [1.165, 1.54) is 62.2 Å². The van der Waals surface area contributed by atoms with Crippen LogP contribution in [-0.2, 0) is 6.42 Å². The van der Waals surface area contributed by atoms with Crippen molar-refractivity contribution in [2.45, 2.75) is 44.6 Å². The van der Waals surface area contributed by atoms with E-state index < -0.39 is 0 Å². The molecule has 0 amide bonds. The Labute approximate surface area is 115 Å². The molecule has 100 valence electrons. The zero-order valence-corrected chi connectivity index (χ0v) is 11.5. The highest BCUT2D eigenvalue weighted by molar-refractivity contribution is 5.96. The summed E-state index contributed by atoms with van der Waals surface area (Å²) in [5.41, 5.74) is 4.13. The van der Waals surface area contributed by atoms with Gasteiger partial charge in [0.2, 0.25) is 0 Å². The number of fused-ring (bicyclic) bond motifs is 2. The Morgan fingerprint density at radius 2 is 1.89 bits per heavy atom. The zero-order chi connectivity index (χ0) is 12.7. The maximum absolute atomic E-state index is 4.96. The number of aliphatic imine (C=N–C) groups is 1. The van der Waals surface area contributed by atoms with Gasteiger partial charge in [-0.2, -0.15) is 0 Å². The van der Waals surface area contributed by atoms with E-state index in [0.29, 0.717) is 0 Å². The molecular formula is C17H22N2. The number of piperidine rings is 2. The minimum atomic E-state index is 0.724. The van der Waals surface area contributed by atoms with Gasteiger partial charge in [0.25, 0.3) is 0 Å². The molecular weight excluding hydrogens is 232 g/mol. The lowest BCUT2D eigenvalue weighted by molar-refractivity contribution is 0.0849. The molecule has 0 spiro atoms. The summed E-state index contributed by atoms with van der Waals surface area (Å²) in [5, 5.41) is 0. The predicted octanol–water partition coefficient (Wildman–Crippen LogP) is 3.58. The summed E-state index contributed by atoms with van der Waals surface area (Å²) in [6.07, 6.45) is 8.02. The fourth-order valence-electron chi connectivity index (χ4n) is 4.22. The second kappa shape index (κ2) is 4.75. The molecule has 2 nitrogen and oxygen atoms in total. The number of hydrogen-bond donors (Lipinski definition) is 0. The van der Waals surface area contributed by atoms with Crippen LogP contribution in [0.5, 0.6) is 0 Å². The van der Waals surface area contributed by atoms with Gasteiger partial charge >= 0.3 is 0 Å². The third kappa shape index (κ3) is 2.02. The highest BCUT2D eigenvalue weighted by Crippen LogP contribution is 2.36. The van der Waals surface area contributed by atoms with Crippen LogP contribution in [0.4, 0.5) is 5.69 Å². The third-order valence-electron chi connectivity index (χ3n) is 5.14. The number of para-hydroxylation sites is 1. The fourth-order valence-corrected chi connectivity index (χ4v) is 4.22. The van der Waals surface area contributed by atoms with Gasteiger partial charge in [-0.25, -0.2) is 0 Å². The van der Waals surface area contributed by atoms with Crippen molar-refractivity contribution in [3.05, 3.63) is 29.8 Å². The van der Waals surface area contributed by atoms with Crippen molar-refractivity contribution in [3.63, 3.8) is 0 Å². The van der Waals surface area contributed by atoms with E-state index in [9.17, 15) is 0 Å². The van der Waals surface area contributed by atoms with E-state index in [-0.39, 0.29) is 0 Å². The van der Waals surface area contributed by atoms with Crippen molar-refractivity contribution in [3.8, 4) is 0 Å². The molecule has 2 heteroatoms. The second-order valence-electron chi connectivity index (χ2n) is 6.26. The lowest BCUT2D eigenvalue weighted by atomic mass is 9.79. The van der Waals surface area contributed by atoms with Crippen LogP contribution < -0.4 is 0 Å². The van der Waals surface area contributed by atoms with Crippen LogP contribution in [0.15, 0.2) is 29.3 Å². The maximum Gasteiger partial charge on any atom is 0.0665 e. The maximum atomic E-state index is 4.96. The Kier molecular flexibility index (Phi) is 2.92. The molecule has 3 aliphatic heterocycles. The molecule has 0 bridgehead atoms. The molecule has 2 fully saturated rings. The van der Waals surface area contributed by atoms with Gasteiger partial charge in [0, 0.05) is 24.1 Å². The number of nitrogens with zero attached hydrogens (tertiary/aromatic N) is 2. The molecule has 0 N–H and O–H groups in total. The van der Waals surface area contributed by atoms with Gasteiger partial charge in [0.05, 0.1) is 5.69 Å². The zero-order valence-electron chi connectivity index (χ0n) is 11.5. The van der Waals surface area contributed by atoms with E-state index in [1.807, 2.05) is 0 Å². The summed E-state index contributed by atoms with van der Waals surface area (Å²) < 4.78 is 0. The van der Waals surface area contributed by atoms with Gasteiger partial charge in [-0.3, -0.25) is 9.89 Å². The summed E-state index contributed by atoms with van der Waals surface area (Å²) in [5.74, 6) is 0.724. The SMILES string of the molecule is c1ccc2c(c1)CC(C1CCCN3CCCCC13)=N2. The number of hydrogen-bond acceptors (Lipinski definition) is 2. The summed E-state index contributed by atoms with van der Waals surface area (Å²) in [4.78, 5) is 7.70. The molecule has 2 saturated heterocycles. The van der Waals surface area contributed by atoms with E-state index >= 15 is 0 Å². The average Bonchev–Trinajstić information content (AvgIpc) is 2.90. The molecule has 1 aromatic carbocycles. The number of benzene rings is 1. The molecule has 3 heterocycles. The van der Waals surface area contributed by atoms with Crippen LogP contribution in [0.1, 0.15) is 37.7 Å². The molecule has 2 unspecified atom stereocenters. The first kappa shape index (κ1) is 11.7. The molecule has 0 aliphatic carbocycles. The summed E-state index contributed by atoms with van der Waals surface area (Å²) >= 11 is 0. The Bertz CT molecular complexity index is 504. The van der Waals surface area contributed by atoms with Gasteiger partial charge in [-0.15, -0.1) is 0 Å². The monoisotopic (exact) mass is 254 g/mol. The summed E-state index contributed by atoms with van der Waals surface area (Å²) in [6, 6.07) is 9.46. The van der Waals surface area contributed by atoms with Crippen molar-refractivity contribution >= 4 is 11.4 Å². The highest BCUT2D eigenvalue weighted by atomic mass is 15.2. The largest absolute Gasteiger partial charge is 0.300 e. The van der Waals surface area contributed by atoms with E-state index in [0.717, 1.165) is 18.4 Å². The van der Waals surface area contributed by atoms with Gasteiger partial charge in [0.1, 0.15) is 0 Å². The molecule has 1 aromatic rings. The smallest absolute Gasteiger partial charge is 0.0665 e.